The van der Waals surface area contributed by atoms with Crippen LogP contribution in [0.2, 0.25) is 5.02 Å². The van der Waals surface area contributed by atoms with Gasteiger partial charge in [0.25, 0.3) is 15.0 Å². The highest BCUT2D eigenvalue weighted by atomic mass is 35.7. The van der Waals surface area contributed by atoms with Crippen LogP contribution in [0.25, 0.3) is 0 Å². The van der Waals surface area contributed by atoms with Crippen molar-refractivity contribution < 1.29 is 26.7 Å². The fourth-order valence-electron chi connectivity index (χ4n) is 1.49. The summed E-state index contributed by atoms with van der Waals surface area (Å²) >= 11 is 5.69. The summed E-state index contributed by atoms with van der Waals surface area (Å²) in [7, 11) is 3.15. The van der Waals surface area contributed by atoms with Crippen LogP contribution in [0.5, 0.6) is 0 Å². The van der Waals surface area contributed by atoms with Crippen molar-refractivity contribution in [2.45, 2.75) is 4.90 Å². The van der Waals surface area contributed by atoms with Crippen molar-refractivity contribution >= 4 is 37.2 Å². The molecule has 0 aliphatic carbocycles. The number of likely N-dealkylation sites (N-methyl/N-ethyl adjacent to an activating group) is 1. The third-order valence-electron chi connectivity index (χ3n) is 2.57. The summed E-state index contributed by atoms with van der Waals surface area (Å²) in [5.41, 5.74) is -0.506. The molecule has 0 radical (unpaired) electrons. The fraction of sp³-hybridized carbons (Fsp3) is 0.364. The van der Waals surface area contributed by atoms with Crippen molar-refractivity contribution in [3.05, 3.63) is 28.3 Å². The van der Waals surface area contributed by atoms with Gasteiger partial charge in [-0.15, -0.1) is 0 Å². The number of halogens is 4. The van der Waals surface area contributed by atoms with Crippen LogP contribution in [0.3, 0.4) is 0 Å². The standard InChI is InChI=1S/C11H11Cl2F2NO4S/c1-16(3-4-20-2)11(17)6-5-7(14)9(15)10(8(6)12)21(13,18)19/h5H,3-4H2,1-2H3. The number of methoxy groups -OCH3 is 1. The summed E-state index contributed by atoms with van der Waals surface area (Å²) in [4.78, 5) is 11.9. The van der Waals surface area contributed by atoms with E-state index in [4.69, 9.17) is 27.0 Å². The first-order chi connectivity index (χ1) is 9.61. The monoisotopic (exact) mass is 361 g/mol. The van der Waals surface area contributed by atoms with Gasteiger partial charge in [-0.3, -0.25) is 4.79 Å². The molecule has 1 aromatic rings. The van der Waals surface area contributed by atoms with Crippen LogP contribution >= 0.6 is 22.3 Å². The largest absolute Gasteiger partial charge is 0.383 e. The van der Waals surface area contributed by atoms with E-state index < -0.39 is 42.1 Å². The maximum atomic E-state index is 13.5. The zero-order chi connectivity index (χ0) is 16.4. The Kier molecular flexibility index (Phi) is 5.92. The number of ether oxygens (including phenoxy) is 1. The summed E-state index contributed by atoms with van der Waals surface area (Å²) in [6.45, 7) is 0.345. The van der Waals surface area contributed by atoms with E-state index in [1.165, 1.54) is 14.2 Å². The number of amides is 1. The van der Waals surface area contributed by atoms with E-state index in [9.17, 15) is 22.0 Å². The smallest absolute Gasteiger partial charge is 0.265 e. The molecule has 0 N–H and O–H groups in total. The van der Waals surface area contributed by atoms with Crippen LogP contribution < -0.4 is 0 Å². The number of nitrogens with zero attached hydrogens (tertiary/aromatic N) is 1. The molecule has 0 unspecified atom stereocenters. The average molecular weight is 362 g/mol. The Bertz CT molecular complexity index is 667. The van der Waals surface area contributed by atoms with Gasteiger partial charge in [-0.25, -0.2) is 17.2 Å². The van der Waals surface area contributed by atoms with Crippen LogP contribution in [0.4, 0.5) is 8.78 Å². The Labute approximate surface area is 129 Å². The van der Waals surface area contributed by atoms with Gasteiger partial charge in [0.05, 0.1) is 17.2 Å². The molecule has 0 fully saturated rings. The summed E-state index contributed by atoms with van der Waals surface area (Å²) < 4.78 is 54.3. The molecule has 0 aromatic heterocycles. The third-order valence-corrected chi connectivity index (χ3v) is 4.41. The number of hydrogen-bond donors (Lipinski definition) is 0. The van der Waals surface area contributed by atoms with Gasteiger partial charge in [0.1, 0.15) is 4.90 Å². The van der Waals surface area contributed by atoms with E-state index in [1.54, 1.807) is 0 Å². The Balaban J connectivity index is 3.39. The zero-order valence-corrected chi connectivity index (χ0v) is 13.3. The van der Waals surface area contributed by atoms with Crippen LogP contribution in [0.1, 0.15) is 10.4 Å². The quantitative estimate of drug-likeness (QED) is 0.596. The van der Waals surface area contributed by atoms with Crippen LogP contribution in [0, 0.1) is 11.6 Å². The Morgan fingerprint density at radius 2 is 2.00 bits per heavy atom. The van der Waals surface area contributed by atoms with E-state index in [1.807, 2.05) is 0 Å². The first-order valence-corrected chi connectivity index (χ1v) is 8.16. The first kappa shape index (κ1) is 18.1. The van der Waals surface area contributed by atoms with Gasteiger partial charge in [0.2, 0.25) is 0 Å². The summed E-state index contributed by atoms with van der Waals surface area (Å²) in [6, 6.07) is 0.523. The number of carbonyl (C=O) groups is 1. The first-order valence-electron chi connectivity index (χ1n) is 5.47. The van der Waals surface area contributed by atoms with Crippen molar-refractivity contribution in [1.82, 2.24) is 4.90 Å². The minimum absolute atomic E-state index is 0.146. The van der Waals surface area contributed by atoms with Gasteiger partial charge in [-0.05, 0) is 6.07 Å². The average Bonchev–Trinajstić information content (AvgIpc) is 2.38. The summed E-state index contributed by atoms with van der Waals surface area (Å²) in [6.07, 6.45) is 0. The van der Waals surface area contributed by atoms with Crippen molar-refractivity contribution in [1.29, 1.82) is 0 Å². The lowest BCUT2D eigenvalue weighted by Gasteiger charge is -2.18. The normalized spacial score (nSPS) is 11.5. The molecule has 1 rings (SSSR count). The molecule has 118 valence electrons. The van der Waals surface area contributed by atoms with E-state index >= 15 is 0 Å². The Morgan fingerprint density at radius 3 is 2.48 bits per heavy atom. The van der Waals surface area contributed by atoms with Crippen molar-refractivity contribution in [3.63, 3.8) is 0 Å². The lowest BCUT2D eigenvalue weighted by molar-refractivity contribution is 0.0743. The number of carbonyl (C=O) groups excluding carboxylic acids is 1. The van der Waals surface area contributed by atoms with Crippen LogP contribution in [-0.4, -0.2) is 46.5 Å². The molecule has 0 bridgehead atoms. The lowest BCUT2D eigenvalue weighted by atomic mass is 10.2. The number of rotatable bonds is 5. The molecule has 5 nitrogen and oxygen atoms in total. The maximum Gasteiger partial charge on any atom is 0.265 e. The molecule has 0 spiro atoms. The van der Waals surface area contributed by atoms with Crippen LogP contribution in [-0.2, 0) is 13.8 Å². The highest BCUT2D eigenvalue weighted by molar-refractivity contribution is 8.13. The SMILES string of the molecule is COCCN(C)C(=O)c1cc(F)c(F)c(S(=O)(=O)Cl)c1Cl. The van der Waals surface area contributed by atoms with Gasteiger partial charge < -0.3 is 9.64 Å². The predicted molar refractivity (Wildman–Crippen MR) is 73.2 cm³/mol. The molecule has 10 heteroatoms. The predicted octanol–water partition coefficient (Wildman–Crippen LogP) is 2.26. The second kappa shape index (κ2) is 6.87. The van der Waals surface area contributed by atoms with Crippen molar-refractivity contribution in [2.75, 3.05) is 27.3 Å². The number of hydrogen-bond acceptors (Lipinski definition) is 4. The molecular formula is C11H11Cl2F2NO4S. The lowest BCUT2D eigenvalue weighted by Crippen LogP contribution is -2.30. The second-order valence-corrected chi connectivity index (χ2v) is 6.90. The van der Waals surface area contributed by atoms with E-state index in [-0.39, 0.29) is 13.2 Å². The summed E-state index contributed by atoms with van der Waals surface area (Å²) in [5, 5.41) is -0.766. The molecule has 1 amide bonds. The minimum Gasteiger partial charge on any atom is -0.383 e. The fourth-order valence-corrected chi connectivity index (χ4v) is 3.20. The zero-order valence-electron chi connectivity index (χ0n) is 11.0. The van der Waals surface area contributed by atoms with Gasteiger partial charge >= 0.3 is 0 Å². The summed E-state index contributed by atoms with van der Waals surface area (Å²) in [5.74, 6) is -4.06. The molecule has 0 aliphatic heterocycles. The van der Waals surface area contributed by atoms with Gasteiger partial charge in [0.15, 0.2) is 11.6 Å². The molecule has 0 saturated carbocycles. The van der Waals surface area contributed by atoms with Crippen molar-refractivity contribution in [2.24, 2.45) is 0 Å². The Hall–Kier alpha value is -0.960. The van der Waals surface area contributed by atoms with E-state index in [0.717, 1.165) is 4.90 Å². The van der Waals surface area contributed by atoms with Gasteiger partial charge in [-0.2, -0.15) is 0 Å². The Morgan fingerprint density at radius 1 is 1.43 bits per heavy atom. The molecule has 0 heterocycles. The highest BCUT2D eigenvalue weighted by Crippen LogP contribution is 2.33. The molecule has 0 atom stereocenters. The topological polar surface area (TPSA) is 63.7 Å². The third kappa shape index (κ3) is 4.03. The molecular weight excluding hydrogens is 351 g/mol. The molecule has 0 saturated heterocycles. The molecule has 0 aliphatic rings. The number of benzene rings is 1. The molecule has 21 heavy (non-hydrogen) atoms. The molecule has 1 aromatic carbocycles. The minimum atomic E-state index is -4.66. The maximum absolute atomic E-state index is 13.5. The van der Waals surface area contributed by atoms with Crippen LogP contribution in [0.15, 0.2) is 11.0 Å². The van der Waals surface area contributed by atoms with E-state index in [2.05, 4.69) is 0 Å². The van der Waals surface area contributed by atoms with E-state index in [0.29, 0.717) is 6.07 Å². The van der Waals surface area contributed by atoms with Gasteiger partial charge in [-0.1, -0.05) is 11.6 Å². The van der Waals surface area contributed by atoms with Gasteiger partial charge in [0, 0.05) is 31.4 Å². The highest BCUT2D eigenvalue weighted by Gasteiger charge is 2.29. The second-order valence-electron chi connectivity index (χ2n) is 4.02. The van der Waals surface area contributed by atoms with Crippen molar-refractivity contribution in [3.8, 4) is 0 Å².